The van der Waals surface area contributed by atoms with Crippen molar-refractivity contribution in [3.63, 3.8) is 0 Å². The monoisotopic (exact) mass is 298 g/mol. The van der Waals surface area contributed by atoms with Crippen molar-refractivity contribution in [1.82, 2.24) is 15.3 Å². The van der Waals surface area contributed by atoms with E-state index in [0.717, 1.165) is 0 Å². The molecule has 0 unspecified atom stereocenters. The number of alkyl halides is 1. The SMILES string of the molecule is CCOC(=O)c1cnc(N2CCNC(=O)C2)nc1CCl. The minimum absolute atomic E-state index is 0.0731. The maximum atomic E-state index is 11.7. The summed E-state index contributed by atoms with van der Waals surface area (Å²) in [4.78, 5) is 33.2. The van der Waals surface area contributed by atoms with E-state index < -0.39 is 5.97 Å². The molecule has 8 heteroatoms. The van der Waals surface area contributed by atoms with Gasteiger partial charge in [-0.3, -0.25) is 4.79 Å². The van der Waals surface area contributed by atoms with Gasteiger partial charge in [0, 0.05) is 19.3 Å². The van der Waals surface area contributed by atoms with Crippen LogP contribution in [-0.2, 0) is 15.4 Å². The van der Waals surface area contributed by atoms with Crippen molar-refractivity contribution in [2.75, 3.05) is 31.1 Å². The molecular formula is C12H15ClN4O3. The summed E-state index contributed by atoms with van der Waals surface area (Å²) < 4.78 is 4.92. The predicted octanol–water partition coefficient (Wildman–Crippen LogP) is 0.328. The van der Waals surface area contributed by atoms with E-state index in [1.807, 2.05) is 0 Å². The molecule has 0 bridgehead atoms. The number of hydrogen-bond acceptors (Lipinski definition) is 6. The van der Waals surface area contributed by atoms with Gasteiger partial charge in [0.2, 0.25) is 11.9 Å². The predicted molar refractivity (Wildman–Crippen MR) is 72.8 cm³/mol. The van der Waals surface area contributed by atoms with E-state index in [0.29, 0.717) is 24.7 Å². The second-order valence-corrected chi connectivity index (χ2v) is 4.42. The number of nitrogens with one attached hydrogen (secondary N) is 1. The summed E-state index contributed by atoms with van der Waals surface area (Å²) in [5.74, 6) is -0.111. The third-order valence-corrected chi connectivity index (χ3v) is 3.05. The van der Waals surface area contributed by atoms with Crippen LogP contribution >= 0.6 is 11.6 Å². The minimum Gasteiger partial charge on any atom is -0.462 e. The van der Waals surface area contributed by atoms with Gasteiger partial charge in [-0.1, -0.05) is 0 Å². The second kappa shape index (κ2) is 6.51. The number of halogens is 1. The van der Waals surface area contributed by atoms with E-state index >= 15 is 0 Å². The van der Waals surface area contributed by atoms with Gasteiger partial charge < -0.3 is 15.0 Å². The van der Waals surface area contributed by atoms with E-state index in [-0.39, 0.29) is 30.5 Å². The largest absolute Gasteiger partial charge is 0.462 e. The maximum Gasteiger partial charge on any atom is 0.341 e. The fourth-order valence-electron chi connectivity index (χ4n) is 1.85. The van der Waals surface area contributed by atoms with Crippen LogP contribution in [0, 0.1) is 0 Å². The van der Waals surface area contributed by atoms with E-state index in [1.54, 1.807) is 11.8 Å². The fourth-order valence-corrected chi connectivity index (χ4v) is 2.05. The summed E-state index contributed by atoms with van der Waals surface area (Å²) in [6.45, 7) is 3.35. The van der Waals surface area contributed by atoms with Gasteiger partial charge in [0.25, 0.3) is 0 Å². The molecule has 2 heterocycles. The number of nitrogens with zero attached hydrogens (tertiary/aromatic N) is 3. The van der Waals surface area contributed by atoms with E-state index in [4.69, 9.17) is 16.3 Å². The quantitative estimate of drug-likeness (QED) is 0.637. The first kappa shape index (κ1) is 14.5. The second-order valence-electron chi connectivity index (χ2n) is 4.16. The smallest absolute Gasteiger partial charge is 0.341 e. The summed E-state index contributed by atoms with van der Waals surface area (Å²) in [5.41, 5.74) is 0.660. The Kier molecular flexibility index (Phi) is 4.73. The molecule has 1 amide bonds. The normalized spacial score (nSPS) is 14.9. The average Bonchev–Trinajstić information content (AvgIpc) is 2.46. The molecule has 1 N–H and O–H groups in total. The minimum atomic E-state index is -0.494. The highest BCUT2D eigenvalue weighted by Crippen LogP contribution is 2.15. The van der Waals surface area contributed by atoms with Gasteiger partial charge in [0.1, 0.15) is 5.56 Å². The number of carbonyl (C=O) groups is 2. The molecule has 0 atom stereocenters. The van der Waals surface area contributed by atoms with Crippen molar-refractivity contribution in [2.24, 2.45) is 0 Å². The molecule has 1 fully saturated rings. The molecular weight excluding hydrogens is 284 g/mol. The maximum absolute atomic E-state index is 11.7. The highest BCUT2D eigenvalue weighted by Gasteiger charge is 2.21. The van der Waals surface area contributed by atoms with Crippen molar-refractivity contribution in [2.45, 2.75) is 12.8 Å². The first-order valence-corrected chi connectivity index (χ1v) is 6.79. The Morgan fingerprint density at radius 3 is 3.05 bits per heavy atom. The van der Waals surface area contributed by atoms with Crippen LogP contribution in [-0.4, -0.2) is 48.1 Å². The zero-order valence-electron chi connectivity index (χ0n) is 11.1. The molecule has 108 valence electrons. The van der Waals surface area contributed by atoms with Gasteiger partial charge in [-0.2, -0.15) is 0 Å². The Labute approximate surface area is 121 Å². The molecule has 0 saturated carbocycles. The number of carbonyl (C=O) groups excluding carboxylic acids is 2. The third-order valence-electron chi connectivity index (χ3n) is 2.80. The molecule has 1 aliphatic heterocycles. The molecule has 0 aromatic carbocycles. The van der Waals surface area contributed by atoms with Crippen LogP contribution in [0.2, 0.25) is 0 Å². The molecule has 0 aliphatic carbocycles. The van der Waals surface area contributed by atoms with Crippen LogP contribution in [0.3, 0.4) is 0 Å². The van der Waals surface area contributed by atoms with Gasteiger partial charge in [-0.15, -0.1) is 11.6 Å². The van der Waals surface area contributed by atoms with Crippen molar-refractivity contribution in [1.29, 1.82) is 0 Å². The van der Waals surface area contributed by atoms with Crippen molar-refractivity contribution in [3.8, 4) is 0 Å². The Morgan fingerprint density at radius 2 is 2.40 bits per heavy atom. The van der Waals surface area contributed by atoms with Crippen LogP contribution in [0.25, 0.3) is 0 Å². The topological polar surface area (TPSA) is 84.4 Å². The molecule has 1 aromatic rings. The average molecular weight is 299 g/mol. The first-order valence-electron chi connectivity index (χ1n) is 6.26. The van der Waals surface area contributed by atoms with Crippen LogP contribution in [0.4, 0.5) is 5.95 Å². The molecule has 2 rings (SSSR count). The Balaban J connectivity index is 2.24. The molecule has 0 radical (unpaired) electrons. The third kappa shape index (κ3) is 3.16. The van der Waals surface area contributed by atoms with Crippen molar-refractivity contribution >= 4 is 29.4 Å². The number of ether oxygens (including phenoxy) is 1. The van der Waals surface area contributed by atoms with E-state index in [1.165, 1.54) is 6.20 Å². The summed E-state index contributed by atoms with van der Waals surface area (Å²) in [7, 11) is 0. The van der Waals surface area contributed by atoms with Gasteiger partial charge in [-0.05, 0) is 6.92 Å². The Bertz CT molecular complexity index is 523. The van der Waals surface area contributed by atoms with Crippen LogP contribution in [0.15, 0.2) is 6.20 Å². The molecule has 1 aromatic heterocycles. The summed E-state index contributed by atoms with van der Waals surface area (Å²) in [5, 5.41) is 2.72. The number of amides is 1. The number of piperazine rings is 1. The van der Waals surface area contributed by atoms with Crippen LogP contribution in [0.5, 0.6) is 0 Å². The number of rotatable bonds is 4. The first-order chi connectivity index (χ1) is 9.65. The zero-order valence-corrected chi connectivity index (χ0v) is 11.8. The van der Waals surface area contributed by atoms with Gasteiger partial charge in [0.15, 0.2) is 0 Å². The Hall–Kier alpha value is -1.89. The summed E-state index contributed by atoms with van der Waals surface area (Å²) in [6.07, 6.45) is 1.39. The molecule has 1 saturated heterocycles. The molecule has 0 spiro atoms. The van der Waals surface area contributed by atoms with Crippen LogP contribution in [0.1, 0.15) is 23.0 Å². The lowest BCUT2D eigenvalue weighted by Gasteiger charge is -2.26. The van der Waals surface area contributed by atoms with Crippen molar-refractivity contribution < 1.29 is 14.3 Å². The van der Waals surface area contributed by atoms with Gasteiger partial charge in [-0.25, -0.2) is 14.8 Å². The molecule has 1 aliphatic rings. The van der Waals surface area contributed by atoms with E-state index in [2.05, 4.69) is 15.3 Å². The lowest BCUT2D eigenvalue weighted by molar-refractivity contribution is -0.120. The van der Waals surface area contributed by atoms with Gasteiger partial charge in [0.05, 0.1) is 24.7 Å². The number of esters is 1. The lowest BCUT2D eigenvalue weighted by Crippen LogP contribution is -2.48. The van der Waals surface area contributed by atoms with Gasteiger partial charge >= 0.3 is 5.97 Å². The number of hydrogen-bond donors (Lipinski definition) is 1. The number of aromatic nitrogens is 2. The van der Waals surface area contributed by atoms with Crippen molar-refractivity contribution in [3.05, 3.63) is 17.5 Å². The highest BCUT2D eigenvalue weighted by atomic mass is 35.5. The fraction of sp³-hybridized carbons (Fsp3) is 0.500. The summed E-state index contributed by atoms with van der Waals surface area (Å²) in [6, 6.07) is 0. The molecule has 7 nitrogen and oxygen atoms in total. The Morgan fingerprint density at radius 1 is 1.60 bits per heavy atom. The van der Waals surface area contributed by atoms with Crippen LogP contribution < -0.4 is 10.2 Å². The standard InChI is InChI=1S/C12H15ClN4O3/c1-2-20-11(19)8-6-15-12(16-9(8)5-13)17-4-3-14-10(18)7-17/h6H,2-5,7H2,1H3,(H,14,18). The lowest BCUT2D eigenvalue weighted by atomic mass is 10.2. The highest BCUT2D eigenvalue weighted by molar-refractivity contribution is 6.17. The molecule has 20 heavy (non-hydrogen) atoms. The zero-order chi connectivity index (χ0) is 14.5. The van der Waals surface area contributed by atoms with E-state index in [9.17, 15) is 9.59 Å². The summed E-state index contributed by atoms with van der Waals surface area (Å²) >= 11 is 5.82. The number of anilines is 1.